The molecule has 0 aromatic carbocycles. The van der Waals surface area contributed by atoms with Crippen LogP contribution in [0.15, 0.2) is 0 Å². The summed E-state index contributed by atoms with van der Waals surface area (Å²) < 4.78 is 0. The average molecular weight is 300 g/mol. The summed E-state index contributed by atoms with van der Waals surface area (Å²) in [5.41, 5.74) is 4.97. The zero-order valence-electron chi connectivity index (χ0n) is 15.2. The van der Waals surface area contributed by atoms with Crippen LogP contribution in [-0.2, 0) is 4.79 Å². The van der Waals surface area contributed by atoms with Gasteiger partial charge in [0.1, 0.15) is 0 Å². The Bertz CT molecular complexity index is 319. The van der Waals surface area contributed by atoms with Crippen molar-refractivity contribution < 1.29 is 4.79 Å². The molecule has 5 heteroatoms. The molecule has 0 saturated heterocycles. The van der Waals surface area contributed by atoms with Crippen molar-refractivity contribution in [2.75, 3.05) is 27.2 Å². The highest BCUT2D eigenvalue weighted by Gasteiger charge is 2.35. The van der Waals surface area contributed by atoms with E-state index >= 15 is 0 Å². The fourth-order valence-electron chi connectivity index (χ4n) is 3.27. The van der Waals surface area contributed by atoms with Crippen LogP contribution in [0.4, 0.5) is 0 Å². The Balaban J connectivity index is 4.93. The fraction of sp³-hybridized carbons (Fsp3) is 0.938. The molecule has 0 aliphatic carbocycles. The van der Waals surface area contributed by atoms with Crippen molar-refractivity contribution >= 4 is 5.91 Å². The third-order valence-electron chi connectivity index (χ3n) is 3.98. The minimum Gasteiger partial charge on any atom is -0.368 e. The van der Waals surface area contributed by atoms with Gasteiger partial charge in [-0.2, -0.15) is 0 Å². The molecule has 3 unspecified atom stereocenters. The first-order valence-corrected chi connectivity index (χ1v) is 8.01. The van der Waals surface area contributed by atoms with Crippen molar-refractivity contribution in [2.24, 2.45) is 5.73 Å². The lowest BCUT2D eigenvalue weighted by molar-refractivity contribution is -0.125. The molecule has 0 bridgehead atoms. The van der Waals surface area contributed by atoms with E-state index in [9.17, 15) is 4.79 Å². The molecule has 21 heavy (non-hydrogen) atoms. The van der Waals surface area contributed by atoms with Crippen molar-refractivity contribution in [3.05, 3.63) is 0 Å². The van der Waals surface area contributed by atoms with E-state index in [1.54, 1.807) is 0 Å². The van der Waals surface area contributed by atoms with Gasteiger partial charge in [0, 0.05) is 24.7 Å². The number of amides is 1. The molecule has 0 fully saturated rings. The molecular weight excluding hydrogens is 264 g/mol. The van der Waals surface area contributed by atoms with E-state index in [0.29, 0.717) is 12.5 Å². The second-order valence-electron chi connectivity index (χ2n) is 6.99. The molecule has 0 rings (SSSR count). The number of rotatable bonds is 10. The molecule has 1 amide bonds. The summed E-state index contributed by atoms with van der Waals surface area (Å²) in [5.74, 6) is -0.278. The monoisotopic (exact) mass is 300 g/mol. The average Bonchev–Trinajstić information content (AvgIpc) is 2.26. The zero-order chi connectivity index (χ0) is 16.8. The molecule has 0 aliphatic rings. The van der Waals surface area contributed by atoms with E-state index in [1.807, 2.05) is 20.8 Å². The largest absolute Gasteiger partial charge is 0.368 e. The van der Waals surface area contributed by atoms with E-state index in [0.717, 1.165) is 13.1 Å². The number of nitrogens with two attached hydrogens (primary N) is 1. The maximum atomic E-state index is 11.9. The van der Waals surface area contributed by atoms with Gasteiger partial charge in [-0.15, -0.1) is 0 Å². The summed E-state index contributed by atoms with van der Waals surface area (Å²) in [6, 6.07) is 0.953. The summed E-state index contributed by atoms with van der Waals surface area (Å²) in [4.78, 5) is 16.5. The summed E-state index contributed by atoms with van der Waals surface area (Å²) in [7, 11) is 4.17. The first kappa shape index (κ1) is 20.3. The van der Waals surface area contributed by atoms with E-state index in [4.69, 9.17) is 5.73 Å². The molecule has 5 nitrogen and oxygen atoms in total. The fourth-order valence-corrected chi connectivity index (χ4v) is 3.27. The summed E-state index contributed by atoms with van der Waals surface area (Å²) in [6.45, 7) is 14.5. The van der Waals surface area contributed by atoms with Crippen molar-refractivity contribution in [1.82, 2.24) is 15.1 Å². The predicted octanol–water partition coefficient (Wildman–Crippen LogP) is 1.28. The SMILES string of the molecule is CCN(C(C)CN(C)C)C(C)CC(C)(NC(C)C)C(N)=O. The smallest absolute Gasteiger partial charge is 0.237 e. The zero-order valence-corrected chi connectivity index (χ0v) is 15.2. The second-order valence-corrected chi connectivity index (χ2v) is 6.99. The summed E-state index contributed by atoms with van der Waals surface area (Å²) >= 11 is 0. The highest BCUT2D eigenvalue weighted by Crippen LogP contribution is 2.19. The summed E-state index contributed by atoms with van der Waals surface area (Å²) in [5, 5.41) is 3.33. The Morgan fingerprint density at radius 3 is 2.05 bits per heavy atom. The van der Waals surface area contributed by atoms with Gasteiger partial charge >= 0.3 is 0 Å². The Morgan fingerprint density at radius 2 is 1.71 bits per heavy atom. The third-order valence-corrected chi connectivity index (χ3v) is 3.98. The Kier molecular flexibility index (Phi) is 8.44. The van der Waals surface area contributed by atoms with Crippen LogP contribution in [0.1, 0.15) is 48.0 Å². The van der Waals surface area contributed by atoms with Crippen molar-refractivity contribution in [3.63, 3.8) is 0 Å². The maximum Gasteiger partial charge on any atom is 0.237 e. The molecule has 0 aliphatic heterocycles. The van der Waals surface area contributed by atoms with E-state index in [2.05, 4.69) is 50.0 Å². The molecule has 126 valence electrons. The van der Waals surface area contributed by atoms with Crippen LogP contribution in [-0.4, -0.2) is 66.6 Å². The van der Waals surface area contributed by atoms with Crippen molar-refractivity contribution in [2.45, 2.75) is 71.6 Å². The van der Waals surface area contributed by atoms with Gasteiger partial charge in [0.25, 0.3) is 0 Å². The predicted molar refractivity (Wildman–Crippen MR) is 90.3 cm³/mol. The van der Waals surface area contributed by atoms with Gasteiger partial charge in [-0.1, -0.05) is 6.92 Å². The van der Waals surface area contributed by atoms with E-state index in [1.165, 1.54) is 0 Å². The van der Waals surface area contributed by atoms with Crippen LogP contribution in [0.5, 0.6) is 0 Å². The Hall–Kier alpha value is -0.650. The van der Waals surface area contributed by atoms with Gasteiger partial charge in [0.15, 0.2) is 0 Å². The third kappa shape index (κ3) is 6.76. The van der Waals surface area contributed by atoms with Crippen LogP contribution < -0.4 is 11.1 Å². The lowest BCUT2D eigenvalue weighted by Crippen LogP contribution is -2.59. The van der Waals surface area contributed by atoms with Crippen molar-refractivity contribution in [1.29, 1.82) is 0 Å². The van der Waals surface area contributed by atoms with Crippen LogP contribution in [0, 0.1) is 0 Å². The number of nitrogens with zero attached hydrogens (tertiary/aromatic N) is 2. The molecule has 0 aromatic rings. The second kappa shape index (κ2) is 8.71. The number of hydrogen-bond donors (Lipinski definition) is 2. The topological polar surface area (TPSA) is 61.6 Å². The summed E-state index contributed by atoms with van der Waals surface area (Å²) in [6.07, 6.45) is 0.714. The molecule has 0 saturated carbocycles. The van der Waals surface area contributed by atoms with Crippen LogP contribution >= 0.6 is 0 Å². The molecule has 3 atom stereocenters. The number of likely N-dealkylation sites (N-methyl/N-ethyl adjacent to an activating group) is 2. The quantitative estimate of drug-likeness (QED) is 0.638. The highest BCUT2D eigenvalue weighted by atomic mass is 16.1. The lowest BCUT2D eigenvalue weighted by atomic mass is 9.90. The molecule has 0 aromatic heterocycles. The number of nitrogens with one attached hydrogen (secondary N) is 1. The Morgan fingerprint density at radius 1 is 1.19 bits per heavy atom. The van der Waals surface area contributed by atoms with Crippen LogP contribution in [0.2, 0.25) is 0 Å². The number of carbonyl (C=O) groups excluding carboxylic acids is 1. The van der Waals surface area contributed by atoms with E-state index < -0.39 is 5.54 Å². The first-order valence-electron chi connectivity index (χ1n) is 8.01. The minimum atomic E-state index is -0.668. The minimum absolute atomic E-state index is 0.226. The normalized spacial score (nSPS) is 18.0. The van der Waals surface area contributed by atoms with Gasteiger partial charge in [0.05, 0.1) is 5.54 Å². The standard InChI is InChI=1S/C16H36N4O/c1-9-20(14(5)11-19(7)8)13(4)10-16(6,15(17)21)18-12(2)3/h12-14,18H,9-11H2,1-8H3,(H2,17,21). The van der Waals surface area contributed by atoms with Crippen molar-refractivity contribution in [3.8, 4) is 0 Å². The van der Waals surface area contributed by atoms with Gasteiger partial charge in [-0.05, 0) is 61.7 Å². The van der Waals surface area contributed by atoms with Gasteiger partial charge in [-0.25, -0.2) is 0 Å². The van der Waals surface area contributed by atoms with Crippen LogP contribution in [0.3, 0.4) is 0 Å². The maximum absolute atomic E-state index is 11.9. The van der Waals surface area contributed by atoms with E-state index in [-0.39, 0.29) is 18.0 Å². The molecule has 3 N–H and O–H groups in total. The molecular formula is C16H36N4O. The molecule has 0 spiro atoms. The lowest BCUT2D eigenvalue weighted by Gasteiger charge is -2.40. The number of hydrogen-bond acceptors (Lipinski definition) is 4. The van der Waals surface area contributed by atoms with Gasteiger partial charge in [0.2, 0.25) is 5.91 Å². The van der Waals surface area contributed by atoms with Crippen LogP contribution in [0.25, 0.3) is 0 Å². The Labute approximate surface area is 131 Å². The molecule has 0 radical (unpaired) electrons. The first-order chi connectivity index (χ1) is 9.53. The van der Waals surface area contributed by atoms with Gasteiger partial charge < -0.3 is 16.0 Å². The highest BCUT2D eigenvalue weighted by molar-refractivity contribution is 5.84. The number of carbonyl (C=O) groups is 1. The number of primary amides is 1. The van der Waals surface area contributed by atoms with Gasteiger partial charge in [-0.3, -0.25) is 9.69 Å². The molecule has 0 heterocycles.